The van der Waals surface area contributed by atoms with E-state index in [1.165, 1.54) is 67.6 Å². The molecule has 0 saturated heterocycles. The summed E-state index contributed by atoms with van der Waals surface area (Å²) in [6.07, 6.45) is 0. The number of carbonyl (C=O) groups is 1. The van der Waals surface area contributed by atoms with E-state index in [-0.39, 0.29) is 36.2 Å². The topological polar surface area (TPSA) is 97.4 Å². The lowest BCUT2D eigenvalue weighted by Gasteiger charge is -2.11. The molecule has 0 aromatic heterocycles. The molecule has 1 N–H and O–H groups in total. The van der Waals surface area contributed by atoms with Crippen LogP contribution >= 0.6 is 23.2 Å². The third-order valence-corrected chi connectivity index (χ3v) is 8.04. The first-order valence-electron chi connectivity index (χ1n) is 8.45. The Kier molecular flexibility index (Phi) is 6.24. The molecule has 0 fully saturated rings. The van der Waals surface area contributed by atoms with Gasteiger partial charge >= 0.3 is 0 Å². The summed E-state index contributed by atoms with van der Waals surface area (Å²) in [5.74, 6) is -0.149. The fourth-order valence-electron chi connectivity index (χ4n) is 2.58. The summed E-state index contributed by atoms with van der Waals surface area (Å²) >= 11 is 11.7. The minimum Gasteiger partial charge on any atom is -0.295 e. The fraction of sp³-hybridized carbons (Fsp3) is 0.0500. The zero-order chi connectivity index (χ0) is 22.1. The van der Waals surface area contributed by atoms with Crippen LogP contribution in [0, 0.1) is 0 Å². The summed E-state index contributed by atoms with van der Waals surface area (Å²) in [4.78, 5) is 10.8. The second-order valence-corrected chi connectivity index (χ2v) is 10.7. The van der Waals surface area contributed by atoms with E-state index in [4.69, 9.17) is 23.2 Å². The van der Waals surface area contributed by atoms with E-state index in [9.17, 15) is 21.6 Å². The minimum absolute atomic E-state index is 0.0668. The van der Waals surface area contributed by atoms with Gasteiger partial charge in [-0.15, -0.1) is 0 Å². The van der Waals surface area contributed by atoms with Crippen LogP contribution in [0.2, 0.25) is 10.0 Å². The summed E-state index contributed by atoms with van der Waals surface area (Å²) in [5, 5.41) is 0.268. The van der Waals surface area contributed by atoms with Gasteiger partial charge in [0, 0.05) is 11.3 Å². The van der Waals surface area contributed by atoms with Crippen molar-refractivity contribution in [1.82, 2.24) is 0 Å². The Morgan fingerprint density at radius 1 is 0.767 bits per heavy atom. The Morgan fingerprint density at radius 2 is 1.37 bits per heavy atom. The summed E-state index contributed by atoms with van der Waals surface area (Å²) in [6, 6.07) is 14.7. The van der Waals surface area contributed by atoms with Gasteiger partial charge in [0.25, 0.3) is 10.0 Å². The Bertz CT molecular complexity index is 1340. The maximum atomic E-state index is 12.9. The molecule has 3 aromatic carbocycles. The first-order valence-corrected chi connectivity index (χ1v) is 12.2. The normalized spacial score (nSPS) is 11.8. The predicted octanol–water partition coefficient (Wildman–Crippen LogP) is 4.83. The van der Waals surface area contributed by atoms with Gasteiger partial charge in [0.2, 0.25) is 9.84 Å². The molecule has 0 bridgehead atoms. The predicted molar refractivity (Wildman–Crippen MR) is 116 cm³/mol. The van der Waals surface area contributed by atoms with Crippen LogP contribution in [-0.4, -0.2) is 22.6 Å². The molecule has 156 valence electrons. The maximum absolute atomic E-state index is 12.9. The Balaban J connectivity index is 1.95. The van der Waals surface area contributed by atoms with Gasteiger partial charge in [0.1, 0.15) is 0 Å². The molecule has 0 atom stereocenters. The maximum Gasteiger partial charge on any atom is 0.261 e. The molecular formula is C20H15Cl2NO5S2. The quantitative estimate of drug-likeness (QED) is 0.506. The van der Waals surface area contributed by atoms with Crippen LogP contribution in [0.4, 0.5) is 5.69 Å². The van der Waals surface area contributed by atoms with E-state index in [0.29, 0.717) is 5.56 Å². The number of hydrogen-bond acceptors (Lipinski definition) is 5. The number of sulfonamides is 1. The van der Waals surface area contributed by atoms with E-state index >= 15 is 0 Å². The molecular weight excluding hydrogens is 469 g/mol. The molecule has 0 saturated carbocycles. The van der Waals surface area contributed by atoms with Gasteiger partial charge in [-0.3, -0.25) is 9.52 Å². The highest BCUT2D eigenvalue weighted by Crippen LogP contribution is 2.29. The van der Waals surface area contributed by atoms with Crippen LogP contribution in [0.1, 0.15) is 17.3 Å². The third-order valence-electron chi connectivity index (χ3n) is 4.17. The average Bonchev–Trinajstić information content (AvgIpc) is 2.70. The van der Waals surface area contributed by atoms with Crippen molar-refractivity contribution < 1.29 is 21.6 Å². The number of benzene rings is 3. The van der Waals surface area contributed by atoms with Crippen LogP contribution in [0.15, 0.2) is 81.4 Å². The number of hydrogen-bond donors (Lipinski definition) is 1. The lowest BCUT2D eigenvalue weighted by Crippen LogP contribution is -2.14. The number of sulfone groups is 1. The van der Waals surface area contributed by atoms with Crippen molar-refractivity contribution in [2.45, 2.75) is 21.6 Å². The van der Waals surface area contributed by atoms with E-state index in [0.717, 1.165) is 6.07 Å². The van der Waals surface area contributed by atoms with Crippen molar-refractivity contribution in [3.63, 3.8) is 0 Å². The van der Waals surface area contributed by atoms with Crippen molar-refractivity contribution in [3.05, 3.63) is 82.3 Å². The number of carbonyl (C=O) groups excluding carboxylic acids is 1. The largest absolute Gasteiger partial charge is 0.295 e. The minimum atomic E-state index is -4.07. The molecule has 0 unspecified atom stereocenters. The number of anilines is 1. The second kappa shape index (κ2) is 8.39. The molecule has 30 heavy (non-hydrogen) atoms. The van der Waals surface area contributed by atoms with Gasteiger partial charge in [0.05, 0.1) is 24.7 Å². The number of halogens is 2. The van der Waals surface area contributed by atoms with Crippen molar-refractivity contribution in [2.24, 2.45) is 0 Å². The van der Waals surface area contributed by atoms with Gasteiger partial charge in [0.15, 0.2) is 5.78 Å². The van der Waals surface area contributed by atoms with Crippen molar-refractivity contribution in [1.29, 1.82) is 0 Å². The molecule has 0 aliphatic rings. The molecule has 0 aliphatic heterocycles. The highest BCUT2D eigenvalue weighted by molar-refractivity contribution is 7.93. The average molecular weight is 484 g/mol. The zero-order valence-electron chi connectivity index (χ0n) is 15.5. The molecule has 10 heteroatoms. The van der Waals surface area contributed by atoms with Crippen molar-refractivity contribution in [2.75, 3.05) is 4.72 Å². The standard InChI is InChI=1S/C20H15Cl2NO5S2/c1-13(24)14-5-7-15(8-6-14)23-30(27,28)18-4-2-3-16(11-18)29(25,26)17-9-10-19(21)20(22)12-17/h2-12,23H,1H3. The van der Waals surface area contributed by atoms with Crippen molar-refractivity contribution >= 4 is 54.5 Å². The van der Waals surface area contributed by atoms with E-state index in [2.05, 4.69) is 4.72 Å². The lowest BCUT2D eigenvalue weighted by atomic mass is 10.1. The molecule has 0 aliphatic carbocycles. The molecule has 3 rings (SSSR count). The van der Waals surface area contributed by atoms with Crippen LogP contribution in [0.3, 0.4) is 0 Å². The Morgan fingerprint density at radius 3 is 1.97 bits per heavy atom. The molecule has 0 radical (unpaired) electrons. The summed E-state index contributed by atoms with van der Waals surface area (Å²) in [6.45, 7) is 1.40. The highest BCUT2D eigenvalue weighted by Gasteiger charge is 2.22. The summed E-state index contributed by atoms with van der Waals surface area (Å²) in [5.41, 5.74) is 0.672. The van der Waals surface area contributed by atoms with Crippen LogP contribution in [0.5, 0.6) is 0 Å². The molecule has 0 heterocycles. The molecule has 6 nitrogen and oxygen atoms in total. The first kappa shape index (κ1) is 22.3. The van der Waals surface area contributed by atoms with Gasteiger partial charge in [-0.1, -0.05) is 29.3 Å². The van der Waals surface area contributed by atoms with Gasteiger partial charge in [-0.2, -0.15) is 0 Å². The molecule has 3 aromatic rings. The van der Waals surface area contributed by atoms with E-state index in [1.807, 2.05) is 0 Å². The number of rotatable bonds is 6. The summed E-state index contributed by atoms with van der Waals surface area (Å²) < 4.78 is 53.6. The summed E-state index contributed by atoms with van der Waals surface area (Å²) in [7, 11) is -8.09. The number of ketones is 1. The molecule has 0 spiro atoms. The SMILES string of the molecule is CC(=O)c1ccc(NS(=O)(=O)c2cccc(S(=O)(=O)c3ccc(Cl)c(Cl)c3)c2)cc1. The van der Waals surface area contributed by atoms with Gasteiger partial charge < -0.3 is 0 Å². The van der Waals surface area contributed by atoms with Crippen LogP contribution in [-0.2, 0) is 19.9 Å². The lowest BCUT2D eigenvalue weighted by molar-refractivity contribution is 0.101. The van der Waals surface area contributed by atoms with Crippen molar-refractivity contribution in [3.8, 4) is 0 Å². The van der Waals surface area contributed by atoms with Crippen LogP contribution in [0.25, 0.3) is 0 Å². The Labute approximate surface area is 184 Å². The number of nitrogens with one attached hydrogen (secondary N) is 1. The number of Topliss-reactive ketones (excluding diaryl/α,β-unsaturated/α-hetero) is 1. The Hall–Kier alpha value is -2.39. The second-order valence-electron chi connectivity index (χ2n) is 6.29. The zero-order valence-corrected chi connectivity index (χ0v) is 18.6. The molecule has 0 amide bonds. The highest BCUT2D eigenvalue weighted by atomic mass is 35.5. The third kappa shape index (κ3) is 4.67. The smallest absolute Gasteiger partial charge is 0.261 e. The van der Waals surface area contributed by atoms with Gasteiger partial charge in [-0.25, -0.2) is 16.8 Å². The van der Waals surface area contributed by atoms with Crippen LogP contribution < -0.4 is 4.72 Å². The monoisotopic (exact) mass is 483 g/mol. The fourth-order valence-corrected chi connectivity index (χ4v) is 5.45. The first-order chi connectivity index (χ1) is 14.0. The van der Waals surface area contributed by atoms with E-state index in [1.54, 1.807) is 0 Å². The van der Waals surface area contributed by atoms with E-state index < -0.39 is 19.9 Å². The van der Waals surface area contributed by atoms with Gasteiger partial charge in [-0.05, 0) is 67.6 Å².